The van der Waals surface area contributed by atoms with E-state index in [9.17, 15) is 19.2 Å². The zero-order valence-corrected chi connectivity index (χ0v) is 36.4. The molecule has 4 aliphatic carbocycles. The molecule has 6 aliphatic rings. The summed E-state index contributed by atoms with van der Waals surface area (Å²) in [6, 6.07) is 8.10. The van der Waals surface area contributed by atoms with Crippen LogP contribution < -0.4 is 0 Å². The Morgan fingerprint density at radius 3 is 0.800 bits per heavy atom. The number of methoxy groups -OCH3 is 4. The molecule has 0 amide bonds. The van der Waals surface area contributed by atoms with Crippen LogP contribution in [0.25, 0.3) is 46.4 Å². The summed E-state index contributed by atoms with van der Waals surface area (Å²) >= 11 is 0. The molecule has 0 aromatic carbocycles. The zero-order valence-electron chi connectivity index (χ0n) is 36.4. The number of rotatable bonds is 8. The van der Waals surface area contributed by atoms with Crippen molar-refractivity contribution in [2.45, 2.75) is 79.1 Å². The third kappa shape index (κ3) is 5.54. The van der Waals surface area contributed by atoms with Crippen molar-refractivity contribution in [1.29, 1.82) is 0 Å². The van der Waals surface area contributed by atoms with Crippen molar-refractivity contribution >= 4 is 70.2 Å². The van der Waals surface area contributed by atoms with Crippen LogP contribution in [0.1, 0.15) is 124 Å². The third-order valence-corrected chi connectivity index (χ3v) is 15.3. The second-order valence-corrected chi connectivity index (χ2v) is 19.9. The number of hydrogen-bond acceptors (Lipinski definition) is 10. The highest BCUT2D eigenvalue weighted by atomic mass is 16.5. The van der Waals surface area contributed by atoms with E-state index in [1.54, 1.807) is 0 Å². The lowest BCUT2D eigenvalue weighted by atomic mass is 10.0. The van der Waals surface area contributed by atoms with E-state index in [0.717, 1.165) is 44.3 Å². The minimum atomic E-state index is -0.433. The smallest absolute Gasteiger partial charge is 0.309 e. The van der Waals surface area contributed by atoms with Crippen LogP contribution in [0.5, 0.6) is 0 Å². The van der Waals surface area contributed by atoms with E-state index >= 15 is 0 Å². The molecular weight excluding hydrogens is 761 g/mol. The van der Waals surface area contributed by atoms with Gasteiger partial charge in [0.1, 0.15) is 0 Å². The van der Waals surface area contributed by atoms with Gasteiger partial charge < -0.3 is 28.9 Å². The van der Waals surface area contributed by atoms with Crippen LogP contribution in [-0.4, -0.2) is 72.3 Å². The SMILES string of the molecule is COC(=O)[C@@H]1[C@H](c2c3nc(c([C@H]4[C@H](C(=O)OC)C4(C)C)c4ccc([nH]4)c([C@H]4[C@@H](C(=O)OC)C4(C)C)c4nc(c([C@H]5[C@H](C(=O)OC)C5(C)C)c5ccc2[nH]5)C=C4)C=C3)C1(C)C. The Morgan fingerprint density at radius 1 is 0.417 bits per heavy atom. The molecule has 3 aromatic rings. The van der Waals surface area contributed by atoms with Gasteiger partial charge in [-0.05, 0) is 70.2 Å². The number of aromatic amines is 2. The molecule has 5 heterocycles. The minimum Gasteiger partial charge on any atom is -0.469 e. The molecule has 8 bridgehead atoms. The molecule has 4 saturated carbocycles. The van der Waals surface area contributed by atoms with E-state index in [-0.39, 0.29) is 47.5 Å². The average molecular weight is 815 g/mol. The van der Waals surface area contributed by atoms with Crippen molar-refractivity contribution in [2.24, 2.45) is 45.3 Å². The standard InChI is InChI=1S/C48H54N4O8/c1-45(2)33(37(45)41(53)57-9)29-21-13-15-23(49-21)30(34-38(42(54)58-10)46(34,3)4)25-17-19-27(51-25)32(36-40(44(56)60-12)48(36,7)8)28-20-18-26(52-28)31(24-16-14-22(29)50-24)35-39(43(55)59-11)47(35,5)6/h13-20,33-40,49,52H,1-12H3/t33-,34-,35-,36-,37-,38+,39+,40-/m0/s1. The minimum absolute atomic E-state index is 0.229. The van der Waals surface area contributed by atoms with Gasteiger partial charge in [0.2, 0.25) is 0 Å². The summed E-state index contributed by atoms with van der Waals surface area (Å²) in [6.45, 7) is 16.6. The predicted molar refractivity (Wildman–Crippen MR) is 227 cm³/mol. The lowest BCUT2D eigenvalue weighted by Gasteiger charge is -2.08. The van der Waals surface area contributed by atoms with Gasteiger partial charge in [0, 0.05) is 68.0 Å². The number of aromatic nitrogens is 4. The highest BCUT2D eigenvalue weighted by molar-refractivity contribution is 5.91. The molecule has 4 fully saturated rings. The Hall–Kier alpha value is -5.52. The number of ether oxygens (including phenoxy) is 4. The molecule has 9 rings (SSSR count). The summed E-state index contributed by atoms with van der Waals surface area (Å²) in [5, 5.41) is 0. The molecular formula is C48H54N4O8. The normalized spacial score (nSPS) is 29.0. The van der Waals surface area contributed by atoms with Crippen LogP contribution in [-0.2, 0) is 38.1 Å². The number of carbonyl (C=O) groups excluding carboxylic acids is 4. The molecule has 3 aromatic heterocycles. The van der Waals surface area contributed by atoms with E-state index < -0.39 is 45.3 Å². The monoisotopic (exact) mass is 814 g/mol. The molecule has 0 spiro atoms. The molecule has 2 N–H and O–H groups in total. The van der Waals surface area contributed by atoms with Gasteiger partial charge in [-0.25, -0.2) is 9.97 Å². The fourth-order valence-electron chi connectivity index (χ4n) is 11.6. The van der Waals surface area contributed by atoms with Crippen LogP contribution in [0.15, 0.2) is 24.3 Å². The van der Waals surface area contributed by atoms with E-state index in [1.807, 2.05) is 48.6 Å². The van der Waals surface area contributed by atoms with Crippen LogP contribution in [0.4, 0.5) is 0 Å². The van der Waals surface area contributed by atoms with Gasteiger partial charge >= 0.3 is 23.9 Å². The van der Waals surface area contributed by atoms with Gasteiger partial charge in [-0.15, -0.1) is 0 Å². The largest absolute Gasteiger partial charge is 0.469 e. The Labute approximate surface area is 349 Å². The van der Waals surface area contributed by atoms with Gasteiger partial charge in [-0.1, -0.05) is 55.4 Å². The quantitative estimate of drug-likeness (QED) is 0.115. The maximum absolute atomic E-state index is 13.3. The zero-order chi connectivity index (χ0) is 43.2. The van der Waals surface area contributed by atoms with E-state index in [0.29, 0.717) is 22.8 Å². The maximum Gasteiger partial charge on any atom is 0.309 e. The van der Waals surface area contributed by atoms with Crippen molar-refractivity contribution in [3.63, 3.8) is 0 Å². The number of fused-ring (bicyclic) bond motifs is 8. The van der Waals surface area contributed by atoms with Gasteiger partial charge in [0.15, 0.2) is 0 Å². The highest BCUT2D eigenvalue weighted by Crippen LogP contribution is 2.69. The predicted octanol–water partition coefficient (Wildman–Crippen LogP) is 8.31. The first-order chi connectivity index (χ1) is 28.3. The maximum atomic E-state index is 13.3. The lowest BCUT2D eigenvalue weighted by Crippen LogP contribution is -2.07. The van der Waals surface area contributed by atoms with E-state index in [2.05, 4.69) is 65.4 Å². The number of esters is 4. The molecule has 0 radical (unpaired) electrons. The summed E-state index contributed by atoms with van der Waals surface area (Å²) in [4.78, 5) is 71.6. The Morgan fingerprint density at radius 2 is 0.617 bits per heavy atom. The molecule has 2 aliphatic heterocycles. The van der Waals surface area contributed by atoms with E-state index in [4.69, 9.17) is 28.9 Å². The van der Waals surface area contributed by atoms with E-state index in [1.165, 1.54) is 28.4 Å². The second-order valence-electron chi connectivity index (χ2n) is 19.9. The van der Waals surface area contributed by atoms with Gasteiger partial charge in [-0.2, -0.15) is 0 Å². The number of nitrogens with zero attached hydrogens (tertiary/aromatic N) is 2. The summed E-state index contributed by atoms with van der Waals surface area (Å²) in [7, 11) is 5.68. The summed E-state index contributed by atoms with van der Waals surface area (Å²) in [5.41, 5.74) is 7.75. The number of hydrogen-bond donors (Lipinski definition) is 2. The molecule has 8 atom stereocenters. The Kier molecular flexibility index (Phi) is 8.64. The molecule has 0 unspecified atom stereocenters. The number of H-pyrrole nitrogens is 2. The van der Waals surface area contributed by atoms with Gasteiger partial charge in [0.25, 0.3) is 0 Å². The first kappa shape index (κ1) is 39.9. The molecule has 12 heteroatoms. The van der Waals surface area contributed by atoms with Gasteiger partial charge in [-0.3, -0.25) is 19.2 Å². The van der Waals surface area contributed by atoms with Crippen molar-refractivity contribution in [1.82, 2.24) is 19.9 Å². The topological polar surface area (TPSA) is 163 Å². The molecule has 60 heavy (non-hydrogen) atoms. The van der Waals surface area contributed by atoms with Crippen LogP contribution in [0, 0.1) is 45.3 Å². The third-order valence-electron chi connectivity index (χ3n) is 15.3. The fourth-order valence-corrected chi connectivity index (χ4v) is 11.6. The summed E-state index contributed by atoms with van der Waals surface area (Å²) < 4.78 is 21.3. The number of nitrogens with one attached hydrogen (secondary N) is 2. The van der Waals surface area contributed by atoms with Crippen LogP contribution in [0.3, 0.4) is 0 Å². The molecule has 314 valence electrons. The summed E-state index contributed by atoms with van der Waals surface area (Å²) in [6.07, 6.45) is 7.98. The van der Waals surface area contributed by atoms with Crippen molar-refractivity contribution < 1.29 is 38.1 Å². The molecule has 12 nitrogen and oxygen atoms in total. The first-order valence-corrected chi connectivity index (χ1v) is 20.8. The Bertz CT molecular complexity index is 2310. The Balaban J connectivity index is 1.41. The second kappa shape index (κ2) is 13.0. The summed E-state index contributed by atoms with van der Waals surface area (Å²) in [5.74, 6) is -3.65. The van der Waals surface area contributed by atoms with Crippen LogP contribution >= 0.6 is 0 Å². The highest BCUT2D eigenvalue weighted by Gasteiger charge is 2.67. The first-order valence-electron chi connectivity index (χ1n) is 20.8. The van der Waals surface area contributed by atoms with Crippen molar-refractivity contribution in [2.75, 3.05) is 28.4 Å². The number of carbonyl (C=O) groups is 4. The van der Waals surface area contributed by atoms with Gasteiger partial charge in [0.05, 0.1) is 74.9 Å². The van der Waals surface area contributed by atoms with Crippen molar-refractivity contribution in [3.8, 4) is 0 Å². The van der Waals surface area contributed by atoms with Crippen molar-refractivity contribution in [3.05, 3.63) is 69.3 Å². The lowest BCUT2D eigenvalue weighted by molar-refractivity contribution is -0.143. The van der Waals surface area contributed by atoms with Crippen LogP contribution in [0.2, 0.25) is 0 Å². The average Bonchev–Trinajstić information content (AvgIpc) is 3.84. The fraction of sp³-hybridized carbons (Fsp3) is 0.500. The molecule has 0 saturated heterocycles.